The van der Waals surface area contributed by atoms with E-state index in [1.165, 1.54) is 0 Å². The second kappa shape index (κ2) is 7.29. The van der Waals surface area contributed by atoms with Crippen LogP contribution in [-0.2, 0) is 0 Å². The molecule has 0 atom stereocenters. The summed E-state index contributed by atoms with van der Waals surface area (Å²) in [6, 6.07) is 5.48. The lowest BCUT2D eigenvalue weighted by Crippen LogP contribution is -2.27. The molecule has 1 aromatic carbocycles. The molecule has 0 radical (unpaired) electrons. The Morgan fingerprint density at radius 3 is 2.38 bits per heavy atom. The third-order valence-corrected chi connectivity index (χ3v) is 2.57. The second-order valence-corrected chi connectivity index (χ2v) is 3.66. The van der Waals surface area contributed by atoms with E-state index in [1.54, 1.807) is 18.0 Å². The number of carbonyl (C=O) groups excluding carboxylic acids is 1. The van der Waals surface area contributed by atoms with Crippen LogP contribution in [0.3, 0.4) is 0 Å². The average Bonchev–Trinajstić information content (AvgIpc) is 2.30. The molecule has 0 aromatic heterocycles. The fourth-order valence-electron chi connectivity index (χ4n) is 1.24. The normalized spacial score (nSPS) is 9.12. The van der Waals surface area contributed by atoms with Crippen molar-refractivity contribution in [3.63, 3.8) is 0 Å². The van der Waals surface area contributed by atoms with Gasteiger partial charge in [0, 0.05) is 13.6 Å². The lowest BCUT2D eigenvalue weighted by atomic mass is 10.1. The van der Waals surface area contributed by atoms with Gasteiger partial charge in [-0.05, 0) is 25.5 Å². The Morgan fingerprint density at radius 2 is 1.94 bits per heavy atom. The summed E-state index contributed by atoms with van der Waals surface area (Å²) >= 11 is 5.98. The van der Waals surface area contributed by atoms with Gasteiger partial charge in [-0.15, -0.1) is 0 Å². The molecule has 0 aliphatic rings. The Balaban J connectivity index is 0.00000106. The highest BCUT2D eigenvalue weighted by Gasteiger charge is 2.15. The highest BCUT2D eigenvalue weighted by Crippen LogP contribution is 2.20. The summed E-state index contributed by atoms with van der Waals surface area (Å²) in [5.74, 6) is -0.0180. The Morgan fingerprint density at radius 1 is 1.38 bits per heavy atom. The maximum atomic E-state index is 11.9. The average molecular weight is 242 g/mol. The largest absolute Gasteiger partial charge is 0.342 e. The lowest BCUT2D eigenvalue weighted by molar-refractivity contribution is 0.0802. The highest BCUT2D eigenvalue weighted by molar-refractivity contribution is 6.34. The van der Waals surface area contributed by atoms with Crippen molar-refractivity contribution < 1.29 is 4.79 Å². The van der Waals surface area contributed by atoms with E-state index in [4.69, 9.17) is 11.6 Å². The quantitative estimate of drug-likeness (QED) is 0.772. The van der Waals surface area contributed by atoms with Crippen molar-refractivity contribution in [3.05, 3.63) is 34.3 Å². The van der Waals surface area contributed by atoms with Crippen molar-refractivity contribution in [1.29, 1.82) is 0 Å². The van der Waals surface area contributed by atoms with Crippen LogP contribution in [0.25, 0.3) is 0 Å². The molecule has 1 rings (SSSR count). The molecule has 2 nitrogen and oxygen atoms in total. The van der Waals surface area contributed by atoms with E-state index in [0.29, 0.717) is 17.1 Å². The van der Waals surface area contributed by atoms with Crippen molar-refractivity contribution in [2.24, 2.45) is 0 Å². The van der Waals surface area contributed by atoms with Gasteiger partial charge < -0.3 is 4.90 Å². The molecule has 0 heterocycles. The first-order valence-corrected chi connectivity index (χ1v) is 5.96. The molecule has 0 saturated heterocycles. The fourth-order valence-corrected chi connectivity index (χ4v) is 1.54. The first-order valence-electron chi connectivity index (χ1n) is 5.58. The second-order valence-electron chi connectivity index (χ2n) is 3.25. The van der Waals surface area contributed by atoms with Gasteiger partial charge in [-0.1, -0.05) is 37.6 Å². The molecule has 90 valence electrons. The fraction of sp³-hybridized carbons (Fsp3) is 0.462. The van der Waals surface area contributed by atoms with Crippen molar-refractivity contribution in [1.82, 2.24) is 4.90 Å². The number of benzene rings is 1. The summed E-state index contributed by atoms with van der Waals surface area (Å²) < 4.78 is 0. The van der Waals surface area contributed by atoms with Crippen LogP contribution >= 0.6 is 11.6 Å². The lowest BCUT2D eigenvalue weighted by Gasteiger charge is -2.16. The van der Waals surface area contributed by atoms with Crippen LogP contribution in [0.2, 0.25) is 5.02 Å². The van der Waals surface area contributed by atoms with Gasteiger partial charge in [0.25, 0.3) is 5.91 Å². The number of carbonyl (C=O) groups is 1. The van der Waals surface area contributed by atoms with Gasteiger partial charge in [0.2, 0.25) is 0 Å². The number of amides is 1. The predicted octanol–water partition coefficient (Wildman–Crippen LogP) is 3.77. The number of nitrogens with zero attached hydrogens (tertiary/aromatic N) is 1. The van der Waals surface area contributed by atoms with E-state index < -0.39 is 0 Å². The van der Waals surface area contributed by atoms with Crippen molar-refractivity contribution in [3.8, 4) is 0 Å². The van der Waals surface area contributed by atoms with Gasteiger partial charge in [-0.2, -0.15) is 0 Å². The molecule has 1 aromatic rings. The SMILES string of the molecule is CC.CCN(C)C(=O)c1c(C)cccc1Cl. The summed E-state index contributed by atoms with van der Waals surface area (Å²) in [5, 5.41) is 0.523. The Labute approximate surface area is 103 Å². The van der Waals surface area contributed by atoms with Crippen molar-refractivity contribution in [2.75, 3.05) is 13.6 Å². The smallest absolute Gasteiger partial charge is 0.255 e. The third kappa shape index (κ3) is 3.53. The molecule has 1 amide bonds. The van der Waals surface area contributed by atoms with Crippen LogP contribution in [0.4, 0.5) is 0 Å². The summed E-state index contributed by atoms with van der Waals surface area (Å²) in [6.07, 6.45) is 0. The summed E-state index contributed by atoms with van der Waals surface area (Å²) in [5.41, 5.74) is 1.53. The molecule has 0 bridgehead atoms. The molecule has 0 aliphatic heterocycles. The van der Waals surface area contributed by atoms with Gasteiger partial charge >= 0.3 is 0 Å². The topological polar surface area (TPSA) is 20.3 Å². The summed E-state index contributed by atoms with van der Waals surface area (Å²) in [6.45, 7) is 8.51. The van der Waals surface area contributed by atoms with E-state index in [-0.39, 0.29) is 5.91 Å². The number of halogens is 1. The molecular weight excluding hydrogens is 222 g/mol. The molecule has 3 heteroatoms. The van der Waals surface area contributed by atoms with E-state index in [2.05, 4.69) is 0 Å². The number of rotatable bonds is 2. The van der Waals surface area contributed by atoms with Crippen LogP contribution in [0.1, 0.15) is 36.7 Å². The van der Waals surface area contributed by atoms with Crippen LogP contribution in [0.15, 0.2) is 18.2 Å². The van der Waals surface area contributed by atoms with Gasteiger partial charge in [0.15, 0.2) is 0 Å². The monoisotopic (exact) mass is 241 g/mol. The molecule has 0 N–H and O–H groups in total. The Kier molecular flexibility index (Phi) is 6.82. The predicted molar refractivity (Wildman–Crippen MR) is 70.2 cm³/mol. The number of aryl methyl sites for hydroxylation is 1. The zero-order valence-electron chi connectivity index (χ0n) is 10.7. The molecule has 16 heavy (non-hydrogen) atoms. The van der Waals surface area contributed by atoms with Crippen LogP contribution in [0.5, 0.6) is 0 Å². The molecule has 0 saturated carbocycles. The van der Waals surface area contributed by atoms with Gasteiger partial charge in [0.1, 0.15) is 0 Å². The summed E-state index contributed by atoms with van der Waals surface area (Å²) in [7, 11) is 1.77. The molecule has 0 aliphatic carbocycles. The van der Waals surface area contributed by atoms with E-state index >= 15 is 0 Å². The maximum absolute atomic E-state index is 11.9. The zero-order valence-corrected chi connectivity index (χ0v) is 11.4. The van der Waals surface area contributed by atoms with Crippen LogP contribution < -0.4 is 0 Å². The van der Waals surface area contributed by atoms with Crippen molar-refractivity contribution in [2.45, 2.75) is 27.7 Å². The van der Waals surface area contributed by atoms with Crippen LogP contribution in [-0.4, -0.2) is 24.4 Å². The van der Waals surface area contributed by atoms with Gasteiger partial charge in [0.05, 0.1) is 10.6 Å². The Hall–Kier alpha value is -1.02. The minimum atomic E-state index is -0.0180. The maximum Gasteiger partial charge on any atom is 0.255 e. The number of hydrogen-bond acceptors (Lipinski definition) is 1. The van der Waals surface area contributed by atoms with Gasteiger partial charge in [-0.25, -0.2) is 0 Å². The van der Waals surface area contributed by atoms with E-state index in [9.17, 15) is 4.79 Å². The first kappa shape index (κ1) is 15.0. The molecule has 0 fully saturated rings. The van der Waals surface area contributed by atoms with E-state index in [0.717, 1.165) is 5.56 Å². The standard InChI is InChI=1S/C11H14ClNO.C2H6/c1-4-13(3)11(14)10-8(2)6-5-7-9(10)12;1-2/h5-7H,4H2,1-3H3;1-2H3. The summed E-state index contributed by atoms with van der Waals surface area (Å²) in [4.78, 5) is 13.5. The number of hydrogen-bond donors (Lipinski definition) is 0. The zero-order chi connectivity index (χ0) is 12.7. The van der Waals surface area contributed by atoms with Crippen LogP contribution in [0, 0.1) is 6.92 Å². The van der Waals surface area contributed by atoms with Gasteiger partial charge in [-0.3, -0.25) is 4.79 Å². The van der Waals surface area contributed by atoms with Crippen molar-refractivity contribution >= 4 is 17.5 Å². The third-order valence-electron chi connectivity index (χ3n) is 2.26. The molecular formula is C13H20ClNO. The Bertz CT molecular complexity index is 330. The minimum absolute atomic E-state index is 0.0180. The molecule has 0 spiro atoms. The molecule has 0 unspecified atom stereocenters. The minimum Gasteiger partial charge on any atom is -0.342 e. The highest BCUT2D eigenvalue weighted by atomic mass is 35.5. The van der Waals surface area contributed by atoms with E-state index in [1.807, 2.05) is 39.8 Å². The first-order chi connectivity index (χ1) is 7.57.